The van der Waals surface area contributed by atoms with Crippen molar-refractivity contribution in [2.75, 3.05) is 0 Å². The number of aryl methyl sites for hydroxylation is 2. The lowest BCUT2D eigenvalue weighted by atomic mass is 10.1. The molecule has 80 valence electrons. The Labute approximate surface area is 89.5 Å². The normalized spacial score (nSPS) is 14.7. The van der Waals surface area contributed by atoms with Crippen molar-refractivity contribution in [3.63, 3.8) is 0 Å². The minimum atomic E-state index is 0.119. The third kappa shape index (κ3) is 1.52. The summed E-state index contributed by atoms with van der Waals surface area (Å²) in [6.07, 6.45) is 4.72. The summed E-state index contributed by atoms with van der Waals surface area (Å²) in [6, 6.07) is 0. The molecule has 0 aromatic carbocycles. The molecule has 3 nitrogen and oxygen atoms in total. The standard InChI is InChI=1S/C12H16N2O/c1-4-10-9(3)13-11-7-5-6-8(2)14(11)12(10)15/h6H,4-5,7H2,1-3H3. The highest BCUT2D eigenvalue weighted by molar-refractivity contribution is 5.46. The molecular formula is C12H16N2O. The lowest BCUT2D eigenvalue weighted by Crippen LogP contribution is -2.29. The fourth-order valence-electron chi connectivity index (χ4n) is 2.16. The molecule has 0 spiro atoms. The fourth-order valence-corrected chi connectivity index (χ4v) is 2.16. The van der Waals surface area contributed by atoms with E-state index in [1.165, 1.54) is 0 Å². The Morgan fingerprint density at radius 2 is 2.20 bits per heavy atom. The van der Waals surface area contributed by atoms with E-state index >= 15 is 0 Å². The fraction of sp³-hybridized carbons (Fsp3) is 0.500. The molecule has 1 aromatic rings. The SMILES string of the molecule is CCc1c(C)nc2n(c1=O)C(C)=CCC2. The lowest BCUT2D eigenvalue weighted by Gasteiger charge is -2.18. The van der Waals surface area contributed by atoms with Gasteiger partial charge in [-0.25, -0.2) is 4.98 Å². The number of hydrogen-bond acceptors (Lipinski definition) is 2. The summed E-state index contributed by atoms with van der Waals surface area (Å²) in [5.41, 5.74) is 2.87. The van der Waals surface area contributed by atoms with Crippen LogP contribution < -0.4 is 5.56 Å². The average Bonchev–Trinajstić information content (AvgIpc) is 2.17. The van der Waals surface area contributed by atoms with Gasteiger partial charge in [-0.05, 0) is 26.7 Å². The Bertz CT molecular complexity index is 483. The Morgan fingerprint density at radius 1 is 1.47 bits per heavy atom. The van der Waals surface area contributed by atoms with Gasteiger partial charge in [0, 0.05) is 23.4 Å². The molecule has 1 aliphatic heterocycles. The maximum Gasteiger partial charge on any atom is 0.261 e. The first-order valence-corrected chi connectivity index (χ1v) is 5.43. The van der Waals surface area contributed by atoms with Crippen LogP contribution in [0.2, 0.25) is 0 Å². The first-order chi connectivity index (χ1) is 7.15. The van der Waals surface area contributed by atoms with Crippen LogP contribution in [0.15, 0.2) is 10.9 Å². The topological polar surface area (TPSA) is 34.9 Å². The Kier molecular flexibility index (Phi) is 2.47. The predicted octanol–water partition coefficient (Wildman–Crippen LogP) is 1.92. The molecule has 0 aliphatic carbocycles. The zero-order valence-corrected chi connectivity index (χ0v) is 9.50. The molecular weight excluding hydrogens is 188 g/mol. The summed E-state index contributed by atoms with van der Waals surface area (Å²) in [4.78, 5) is 16.7. The molecule has 0 bridgehead atoms. The largest absolute Gasteiger partial charge is 0.269 e. The van der Waals surface area contributed by atoms with Crippen LogP contribution >= 0.6 is 0 Å². The van der Waals surface area contributed by atoms with Crippen molar-refractivity contribution in [3.8, 4) is 0 Å². The van der Waals surface area contributed by atoms with E-state index in [-0.39, 0.29) is 5.56 Å². The van der Waals surface area contributed by atoms with E-state index in [1.54, 1.807) is 4.57 Å². The van der Waals surface area contributed by atoms with Gasteiger partial charge in [-0.2, -0.15) is 0 Å². The molecule has 0 saturated heterocycles. The van der Waals surface area contributed by atoms with E-state index < -0.39 is 0 Å². The zero-order chi connectivity index (χ0) is 11.0. The van der Waals surface area contributed by atoms with Crippen LogP contribution in [-0.2, 0) is 12.8 Å². The van der Waals surface area contributed by atoms with Crippen molar-refractivity contribution in [3.05, 3.63) is 33.5 Å². The second-order valence-corrected chi connectivity index (χ2v) is 3.97. The molecule has 1 aliphatic rings. The third-order valence-electron chi connectivity index (χ3n) is 2.97. The van der Waals surface area contributed by atoms with E-state index in [2.05, 4.69) is 11.1 Å². The predicted molar refractivity (Wildman–Crippen MR) is 60.9 cm³/mol. The summed E-state index contributed by atoms with van der Waals surface area (Å²) < 4.78 is 1.76. The van der Waals surface area contributed by atoms with E-state index in [9.17, 15) is 4.79 Å². The molecule has 0 radical (unpaired) electrons. The molecule has 0 saturated carbocycles. The van der Waals surface area contributed by atoms with Crippen molar-refractivity contribution in [1.29, 1.82) is 0 Å². The molecule has 0 fully saturated rings. The van der Waals surface area contributed by atoms with Crippen LogP contribution in [0.4, 0.5) is 0 Å². The zero-order valence-electron chi connectivity index (χ0n) is 9.50. The van der Waals surface area contributed by atoms with Crippen molar-refractivity contribution in [1.82, 2.24) is 9.55 Å². The molecule has 3 heteroatoms. The van der Waals surface area contributed by atoms with Crippen molar-refractivity contribution in [2.45, 2.75) is 40.0 Å². The summed E-state index contributed by atoms with van der Waals surface area (Å²) in [6.45, 7) is 5.90. The lowest BCUT2D eigenvalue weighted by molar-refractivity contribution is 0.736. The number of nitrogens with zero attached hydrogens (tertiary/aromatic N) is 2. The van der Waals surface area contributed by atoms with Gasteiger partial charge in [0.25, 0.3) is 5.56 Å². The maximum atomic E-state index is 12.2. The molecule has 0 amide bonds. The Balaban J connectivity index is 2.76. The van der Waals surface area contributed by atoms with Gasteiger partial charge >= 0.3 is 0 Å². The highest BCUT2D eigenvalue weighted by Crippen LogP contribution is 2.15. The van der Waals surface area contributed by atoms with Crippen LogP contribution in [0.3, 0.4) is 0 Å². The van der Waals surface area contributed by atoms with Gasteiger partial charge < -0.3 is 0 Å². The van der Waals surface area contributed by atoms with Crippen LogP contribution in [0, 0.1) is 6.92 Å². The van der Waals surface area contributed by atoms with Gasteiger partial charge in [-0.3, -0.25) is 9.36 Å². The summed E-state index contributed by atoms with van der Waals surface area (Å²) in [5, 5.41) is 0. The quantitative estimate of drug-likeness (QED) is 0.700. The summed E-state index contributed by atoms with van der Waals surface area (Å²) in [5.74, 6) is 0.912. The minimum absolute atomic E-state index is 0.119. The monoisotopic (exact) mass is 204 g/mol. The van der Waals surface area contributed by atoms with Gasteiger partial charge in [0.2, 0.25) is 0 Å². The van der Waals surface area contributed by atoms with Crippen LogP contribution in [0.25, 0.3) is 5.70 Å². The first kappa shape index (κ1) is 10.1. The van der Waals surface area contributed by atoms with E-state index in [4.69, 9.17) is 0 Å². The second kappa shape index (κ2) is 3.65. The number of allylic oxidation sites excluding steroid dienone is 2. The number of hydrogen-bond donors (Lipinski definition) is 0. The maximum absolute atomic E-state index is 12.2. The summed E-state index contributed by atoms with van der Waals surface area (Å²) in [7, 11) is 0. The third-order valence-corrected chi connectivity index (χ3v) is 2.97. The first-order valence-electron chi connectivity index (χ1n) is 5.43. The smallest absolute Gasteiger partial charge is 0.261 e. The van der Waals surface area contributed by atoms with E-state index in [0.717, 1.165) is 42.0 Å². The number of aromatic nitrogens is 2. The number of fused-ring (bicyclic) bond motifs is 1. The van der Waals surface area contributed by atoms with Gasteiger partial charge in [0.1, 0.15) is 5.82 Å². The molecule has 0 unspecified atom stereocenters. The van der Waals surface area contributed by atoms with Crippen molar-refractivity contribution in [2.24, 2.45) is 0 Å². The van der Waals surface area contributed by atoms with Gasteiger partial charge in [0.05, 0.1) is 0 Å². The molecule has 15 heavy (non-hydrogen) atoms. The van der Waals surface area contributed by atoms with Crippen LogP contribution in [0.5, 0.6) is 0 Å². The highest BCUT2D eigenvalue weighted by Gasteiger charge is 2.15. The van der Waals surface area contributed by atoms with Crippen LogP contribution in [0.1, 0.15) is 37.4 Å². The number of rotatable bonds is 1. The molecule has 0 N–H and O–H groups in total. The molecule has 2 rings (SSSR count). The molecule has 2 heterocycles. The van der Waals surface area contributed by atoms with E-state index in [0.29, 0.717) is 0 Å². The average molecular weight is 204 g/mol. The van der Waals surface area contributed by atoms with E-state index in [1.807, 2.05) is 20.8 Å². The van der Waals surface area contributed by atoms with Gasteiger partial charge in [0.15, 0.2) is 0 Å². The Morgan fingerprint density at radius 3 is 2.87 bits per heavy atom. The van der Waals surface area contributed by atoms with Crippen LogP contribution in [-0.4, -0.2) is 9.55 Å². The van der Waals surface area contributed by atoms with Gasteiger partial charge in [-0.1, -0.05) is 13.0 Å². The summed E-state index contributed by atoms with van der Waals surface area (Å²) >= 11 is 0. The van der Waals surface area contributed by atoms with Crippen molar-refractivity contribution >= 4 is 5.70 Å². The molecule has 0 atom stereocenters. The van der Waals surface area contributed by atoms with Gasteiger partial charge in [-0.15, -0.1) is 0 Å². The molecule has 1 aromatic heterocycles. The highest BCUT2D eigenvalue weighted by atomic mass is 16.1. The minimum Gasteiger partial charge on any atom is -0.269 e. The Hall–Kier alpha value is -1.38. The van der Waals surface area contributed by atoms with Crippen molar-refractivity contribution < 1.29 is 0 Å². The second-order valence-electron chi connectivity index (χ2n) is 3.97.